The van der Waals surface area contributed by atoms with E-state index in [0.717, 1.165) is 11.1 Å². The van der Waals surface area contributed by atoms with Crippen LogP contribution < -0.4 is 20.1 Å². The highest BCUT2D eigenvalue weighted by atomic mass is 16.6. The van der Waals surface area contributed by atoms with Crippen LogP contribution in [0.15, 0.2) is 48.5 Å². The van der Waals surface area contributed by atoms with Crippen molar-refractivity contribution >= 4 is 48.4 Å². The van der Waals surface area contributed by atoms with E-state index in [9.17, 15) is 38.4 Å². The number of ether oxygens (including phenoxy) is 8. The van der Waals surface area contributed by atoms with Crippen molar-refractivity contribution in [2.24, 2.45) is 0 Å². The average molecular weight is 1310 g/mol. The van der Waals surface area contributed by atoms with Crippen molar-refractivity contribution in [3.63, 3.8) is 0 Å². The number of benzene rings is 2. The van der Waals surface area contributed by atoms with Crippen LogP contribution in [0.4, 0.5) is 28.8 Å². The predicted molar refractivity (Wildman–Crippen MR) is 352 cm³/mol. The highest BCUT2D eigenvalue weighted by molar-refractivity contribution is 5.78. The van der Waals surface area contributed by atoms with Gasteiger partial charge in [0.25, 0.3) is 0 Å². The Kier molecular flexibility index (Phi) is 29.5. The third kappa shape index (κ3) is 32.8. The summed E-state index contributed by atoms with van der Waals surface area (Å²) >= 11 is 0. The fourth-order valence-corrected chi connectivity index (χ4v) is 9.16. The summed E-state index contributed by atoms with van der Waals surface area (Å²) in [6.07, 6.45) is -2.74. The van der Waals surface area contributed by atoms with Gasteiger partial charge in [0, 0.05) is 105 Å². The fourth-order valence-electron chi connectivity index (χ4n) is 9.16. The van der Waals surface area contributed by atoms with E-state index in [1.807, 2.05) is 58.3 Å². The van der Waals surface area contributed by atoms with Gasteiger partial charge in [-0.25, -0.2) is 28.8 Å². The highest BCUT2D eigenvalue weighted by Crippen LogP contribution is 2.21. The van der Waals surface area contributed by atoms with Crippen molar-refractivity contribution in [1.29, 1.82) is 0 Å². The second kappa shape index (κ2) is 35.1. The lowest BCUT2D eigenvalue weighted by Gasteiger charge is -2.35. The molecule has 0 radical (unpaired) electrons. The zero-order valence-corrected chi connectivity index (χ0v) is 59.0. The van der Waals surface area contributed by atoms with E-state index in [0.29, 0.717) is 17.9 Å². The molecule has 0 saturated carbocycles. The summed E-state index contributed by atoms with van der Waals surface area (Å²) in [7, 11) is 0. The van der Waals surface area contributed by atoms with E-state index in [4.69, 9.17) is 37.9 Å². The van der Waals surface area contributed by atoms with Crippen LogP contribution in [0.25, 0.3) is 0 Å². The van der Waals surface area contributed by atoms with Crippen LogP contribution in [0.1, 0.15) is 136 Å². The van der Waals surface area contributed by atoms with Gasteiger partial charge in [0.15, 0.2) is 0 Å². The third-order valence-corrected chi connectivity index (χ3v) is 13.6. The molecule has 0 unspecified atom stereocenters. The molecular weight excluding hydrogens is 1200 g/mol. The molecule has 2 fully saturated rings. The molecule has 0 spiro atoms. The Balaban J connectivity index is 1.29. The number of amides is 8. The van der Waals surface area contributed by atoms with Crippen LogP contribution in [0, 0.1) is 0 Å². The second-order valence-electron chi connectivity index (χ2n) is 29.2. The Morgan fingerprint density at radius 2 is 0.505 bits per heavy atom. The van der Waals surface area contributed by atoms with Crippen molar-refractivity contribution in [2.75, 3.05) is 144 Å². The predicted octanol–water partition coefficient (Wildman–Crippen LogP) is 8.32. The van der Waals surface area contributed by atoms with Gasteiger partial charge >= 0.3 is 36.6 Å². The maximum Gasteiger partial charge on any atom is 0.410 e. The molecule has 2 saturated heterocycles. The summed E-state index contributed by atoms with van der Waals surface area (Å²) in [4.78, 5) is 121. The molecule has 2 aliphatic rings. The molecule has 2 aromatic carbocycles. The van der Waals surface area contributed by atoms with Gasteiger partial charge < -0.3 is 77.9 Å². The van der Waals surface area contributed by atoms with E-state index in [2.05, 4.69) is 10.6 Å². The topological polar surface area (TPSA) is 260 Å². The molecule has 4 rings (SSSR count). The smallest absolute Gasteiger partial charge is 0.410 e. The van der Waals surface area contributed by atoms with E-state index in [1.165, 1.54) is 29.4 Å². The number of nitrogens with zero attached hydrogens (tertiary/aromatic N) is 8. The van der Waals surface area contributed by atoms with E-state index in [1.54, 1.807) is 125 Å². The average Bonchev–Trinajstić information content (AvgIpc) is 1.17. The highest BCUT2D eigenvalue weighted by Gasteiger charge is 2.33. The number of carbonyl (C=O) groups is 8. The van der Waals surface area contributed by atoms with Crippen LogP contribution in [-0.4, -0.2) is 265 Å². The number of hydrogen-bond donors (Lipinski definition) is 2. The molecule has 0 aromatic heterocycles. The van der Waals surface area contributed by atoms with Crippen molar-refractivity contribution in [3.8, 4) is 11.5 Å². The van der Waals surface area contributed by atoms with Gasteiger partial charge in [-0.3, -0.25) is 19.4 Å². The second-order valence-corrected chi connectivity index (χ2v) is 29.2. The lowest BCUT2D eigenvalue weighted by atomic mass is 10.0. The Labute approximate surface area is 552 Å². The number of nitrogens with one attached hydrogen (secondary N) is 2. The van der Waals surface area contributed by atoms with Crippen LogP contribution >= 0.6 is 0 Å². The first kappa shape index (κ1) is 78.0. The molecule has 8 amide bonds. The quantitative estimate of drug-likeness (QED) is 0.133. The summed E-state index contributed by atoms with van der Waals surface area (Å²) in [6, 6.07) is 15.4. The summed E-state index contributed by atoms with van der Waals surface area (Å²) in [5.41, 5.74) is -2.56. The molecule has 2 aromatic rings. The van der Waals surface area contributed by atoms with Crippen molar-refractivity contribution in [2.45, 2.75) is 165 Å². The van der Waals surface area contributed by atoms with Crippen LogP contribution in [0.5, 0.6) is 11.5 Å². The van der Waals surface area contributed by atoms with Crippen LogP contribution in [-0.2, 0) is 44.4 Å². The van der Waals surface area contributed by atoms with Crippen LogP contribution in [0.3, 0.4) is 0 Å². The molecule has 26 heteroatoms. The number of hydrogen-bond acceptors (Lipinski definition) is 18. The van der Waals surface area contributed by atoms with Gasteiger partial charge in [0.1, 0.15) is 58.3 Å². The molecule has 0 atom stereocenters. The molecule has 2 heterocycles. The molecular formula is C67H110N10O16. The van der Waals surface area contributed by atoms with Gasteiger partial charge in [-0.05, 0) is 166 Å². The minimum absolute atomic E-state index is 0.0287. The summed E-state index contributed by atoms with van der Waals surface area (Å²) in [6.45, 7) is 35.4. The first-order valence-electron chi connectivity index (χ1n) is 32.4. The van der Waals surface area contributed by atoms with Crippen molar-refractivity contribution in [1.82, 2.24) is 49.8 Å². The Hall–Kier alpha value is -7.48. The van der Waals surface area contributed by atoms with E-state index < -0.39 is 70.2 Å². The summed E-state index contributed by atoms with van der Waals surface area (Å²) < 4.78 is 46.3. The van der Waals surface area contributed by atoms with Gasteiger partial charge in [-0.2, -0.15) is 0 Å². The third-order valence-electron chi connectivity index (χ3n) is 13.6. The Bertz CT molecular complexity index is 2450. The Morgan fingerprint density at radius 3 is 0.699 bits per heavy atom. The summed E-state index contributed by atoms with van der Waals surface area (Å²) in [5.74, 6) is 0.714. The maximum atomic E-state index is 13.5. The molecule has 26 nitrogen and oxygen atoms in total. The minimum Gasteiger partial charge on any atom is -0.492 e. The molecule has 2 aliphatic heterocycles. The molecule has 2 N–H and O–H groups in total. The van der Waals surface area contributed by atoms with Crippen molar-refractivity contribution < 1.29 is 76.3 Å². The first-order valence-corrected chi connectivity index (χ1v) is 32.4. The van der Waals surface area contributed by atoms with Gasteiger partial charge in [0.05, 0.1) is 26.2 Å². The standard InChI is InChI=1S/C67H110N10O16/c1-62(2,3)88-56(80)72-33-29-70(30-34-73(57(81)89-63(4,5)6)38-42-76(41-37-72)60(84)92-66(13,14)15)48-54(78)68-27-45-86-52-23-19-50(20-24-52)47-51-21-25-53(26-22-51)87-46-28-69-55(79)49-71-31-35-74(58(82)90-64(7,8)9)39-43-77(61(85)93-67(16,17)18)44-40-75(36-32-71)59(83)91-65(10,11)12/h19-26H,27-49H2,1-18H3,(H,68,78)(H,69,79). The van der Waals surface area contributed by atoms with Gasteiger partial charge in [-0.1, -0.05) is 24.3 Å². The summed E-state index contributed by atoms with van der Waals surface area (Å²) in [5, 5.41) is 5.86. The normalized spacial score (nSPS) is 16.2. The SMILES string of the molecule is CC(C)(C)OC(=O)N1CCN(CC(=O)NCCOc2ccc(Cc3ccc(OCCNC(=O)CN4CCN(C(=O)OC(C)(C)C)CCN(C(=O)OC(C)(C)C)CCN(C(=O)OC(C)(C)C)CC4)cc3)cc2)CCN(C(=O)OC(C)(C)C)CCN(C(=O)OC(C)(C)C)CC1. The first-order chi connectivity index (χ1) is 43.1. The van der Waals surface area contributed by atoms with E-state index >= 15 is 0 Å². The number of carbonyl (C=O) groups excluding carboxylic acids is 8. The van der Waals surface area contributed by atoms with Crippen molar-refractivity contribution in [3.05, 3.63) is 59.7 Å². The van der Waals surface area contributed by atoms with Gasteiger partial charge in [-0.15, -0.1) is 0 Å². The minimum atomic E-state index is -0.776. The lowest BCUT2D eigenvalue weighted by molar-refractivity contribution is -0.123. The molecule has 0 bridgehead atoms. The largest absolute Gasteiger partial charge is 0.492 e. The molecule has 93 heavy (non-hydrogen) atoms. The maximum absolute atomic E-state index is 13.5. The lowest BCUT2D eigenvalue weighted by Crippen LogP contribution is -2.52. The monoisotopic (exact) mass is 1310 g/mol. The fraction of sp³-hybridized carbons (Fsp3) is 0.701. The van der Waals surface area contributed by atoms with E-state index in [-0.39, 0.29) is 156 Å². The molecule has 524 valence electrons. The van der Waals surface area contributed by atoms with Crippen LogP contribution in [0.2, 0.25) is 0 Å². The zero-order valence-electron chi connectivity index (χ0n) is 59.0. The van der Waals surface area contributed by atoms with Gasteiger partial charge in [0.2, 0.25) is 11.8 Å². The number of rotatable bonds is 14. The molecule has 0 aliphatic carbocycles. The zero-order chi connectivity index (χ0) is 69.5. The Morgan fingerprint density at radius 1 is 0.312 bits per heavy atom.